The average molecular weight is 549 g/mol. The fourth-order valence-electron chi connectivity index (χ4n) is 4.81. The molecule has 4 N–H and O–H groups in total. The molecule has 0 spiro atoms. The molecule has 0 atom stereocenters. The third-order valence-corrected chi connectivity index (χ3v) is 7.24. The van der Waals surface area contributed by atoms with Gasteiger partial charge in [-0.1, -0.05) is 43.0 Å². The Hall–Kier alpha value is -3.65. The molecule has 8 nitrogen and oxygen atoms in total. The van der Waals surface area contributed by atoms with Crippen molar-refractivity contribution in [3.8, 4) is 11.4 Å². The van der Waals surface area contributed by atoms with E-state index in [2.05, 4.69) is 33.4 Å². The van der Waals surface area contributed by atoms with Crippen molar-refractivity contribution in [3.05, 3.63) is 70.2 Å². The molecule has 1 aliphatic carbocycles. The van der Waals surface area contributed by atoms with Gasteiger partial charge in [-0.05, 0) is 67.6 Å². The summed E-state index contributed by atoms with van der Waals surface area (Å²) in [5, 5.41) is 13.0. The lowest BCUT2D eigenvalue weighted by molar-refractivity contribution is -0.118. The van der Waals surface area contributed by atoms with Gasteiger partial charge in [0.25, 0.3) is 5.91 Å². The van der Waals surface area contributed by atoms with Gasteiger partial charge in [-0.25, -0.2) is 9.97 Å². The molecule has 39 heavy (non-hydrogen) atoms. The largest absolute Gasteiger partial charge is 0.368 e. The first kappa shape index (κ1) is 28.4. The third kappa shape index (κ3) is 8.17. The molecule has 0 bridgehead atoms. The smallest absolute Gasteiger partial charge is 0.251 e. The second kappa shape index (κ2) is 13.9. The molecule has 1 saturated carbocycles. The Kier molecular flexibility index (Phi) is 10.1. The lowest BCUT2D eigenvalue weighted by Gasteiger charge is -2.22. The molecule has 2 aromatic carbocycles. The SMILES string of the molecule is CC(=O)NCCNc1nc(-c2ccc(Cl)cc2)nc(NCCNC(=O)c2ccc(C3CCCCC3)cc2)c1C. The summed E-state index contributed by atoms with van der Waals surface area (Å²) in [7, 11) is 0. The van der Waals surface area contributed by atoms with E-state index in [0.717, 1.165) is 11.1 Å². The number of nitrogens with zero attached hydrogens (tertiary/aromatic N) is 2. The van der Waals surface area contributed by atoms with E-state index in [-0.39, 0.29) is 11.8 Å². The molecule has 1 aliphatic rings. The summed E-state index contributed by atoms with van der Waals surface area (Å²) in [6, 6.07) is 15.4. The maximum atomic E-state index is 12.7. The number of carbonyl (C=O) groups is 2. The Morgan fingerprint density at radius 3 is 2.00 bits per heavy atom. The fourth-order valence-corrected chi connectivity index (χ4v) is 4.94. The standard InChI is InChI=1S/C30H37ClN6O2/c1-20-27(33-17-16-32-21(2)38)36-29(24-12-14-26(31)15-13-24)37-28(20)34-18-19-35-30(39)25-10-8-23(9-11-25)22-6-4-3-5-7-22/h8-15,22H,3-7,16-19H2,1-2H3,(H,32,38)(H,35,39)(H2,33,34,36,37). The summed E-state index contributed by atoms with van der Waals surface area (Å²) < 4.78 is 0. The zero-order chi connectivity index (χ0) is 27.6. The van der Waals surface area contributed by atoms with Gasteiger partial charge in [-0.3, -0.25) is 9.59 Å². The van der Waals surface area contributed by atoms with E-state index in [1.165, 1.54) is 44.6 Å². The van der Waals surface area contributed by atoms with Gasteiger partial charge in [0.2, 0.25) is 5.91 Å². The van der Waals surface area contributed by atoms with Crippen LogP contribution in [0.3, 0.4) is 0 Å². The molecule has 0 saturated heterocycles. The Labute approximate surface area is 235 Å². The van der Waals surface area contributed by atoms with Crippen molar-refractivity contribution >= 4 is 35.1 Å². The maximum Gasteiger partial charge on any atom is 0.251 e. The summed E-state index contributed by atoms with van der Waals surface area (Å²) in [5.74, 6) is 2.34. The molecule has 1 aromatic heterocycles. The molecule has 9 heteroatoms. The molecule has 206 valence electrons. The van der Waals surface area contributed by atoms with Crippen LogP contribution < -0.4 is 21.3 Å². The van der Waals surface area contributed by atoms with Crippen LogP contribution in [0.4, 0.5) is 11.6 Å². The molecule has 1 heterocycles. The Morgan fingerprint density at radius 2 is 1.41 bits per heavy atom. The van der Waals surface area contributed by atoms with Crippen LogP contribution in [-0.2, 0) is 4.79 Å². The van der Waals surface area contributed by atoms with E-state index in [1.54, 1.807) is 12.1 Å². The van der Waals surface area contributed by atoms with Gasteiger partial charge < -0.3 is 21.3 Å². The van der Waals surface area contributed by atoms with Crippen molar-refractivity contribution in [1.82, 2.24) is 20.6 Å². The Balaban J connectivity index is 1.37. The van der Waals surface area contributed by atoms with Gasteiger partial charge in [-0.15, -0.1) is 0 Å². The molecule has 0 radical (unpaired) electrons. The Bertz CT molecular complexity index is 1260. The first-order valence-corrected chi connectivity index (χ1v) is 14.0. The van der Waals surface area contributed by atoms with Gasteiger partial charge in [0.15, 0.2) is 5.82 Å². The minimum atomic E-state index is -0.0893. The first-order chi connectivity index (χ1) is 18.9. The summed E-state index contributed by atoms with van der Waals surface area (Å²) in [6.07, 6.45) is 6.40. The van der Waals surface area contributed by atoms with Gasteiger partial charge in [0.05, 0.1) is 0 Å². The van der Waals surface area contributed by atoms with Crippen molar-refractivity contribution < 1.29 is 9.59 Å². The highest BCUT2D eigenvalue weighted by atomic mass is 35.5. The summed E-state index contributed by atoms with van der Waals surface area (Å²) in [6.45, 7) is 5.35. The number of amides is 2. The van der Waals surface area contributed by atoms with E-state index in [1.807, 2.05) is 31.2 Å². The van der Waals surface area contributed by atoms with Crippen LogP contribution in [0.25, 0.3) is 11.4 Å². The van der Waals surface area contributed by atoms with Crippen LogP contribution in [-0.4, -0.2) is 48.0 Å². The quantitative estimate of drug-likeness (QED) is 0.234. The number of aromatic nitrogens is 2. The van der Waals surface area contributed by atoms with Gasteiger partial charge in [0, 0.05) is 54.8 Å². The minimum absolute atomic E-state index is 0.0809. The lowest BCUT2D eigenvalue weighted by Crippen LogP contribution is -2.29. The summed E-state index contributed by atoms with van der Waals surface area (Å²) >= 11 is 6.06. The topological polar surface area (TPSA) is 108 Å². The lowest BCUT2D eigenvalue weighted by atomic mass is 9.84. The van der Waals surface area contributed by atoms with E-state index in [4.69, 9.17) is 21.6 Å². The van der Waals surface area contributed by atoms with Crippen LogP contribution in [0.1, 0.15) is 66.4 Å². The number of benzene rings is 2. The summed E-state index contributed by atoms with van der Waals surface area (Å²) in [4.78, 5) is 33.3. The van der Waals surface area contributed by atoms with Gasteiger partial charge in [-0.2, -0.15) is 0 Å². The van der Waals surface area contributed by atoms with E-state index < -0.39 is 0 Å². The predicted molar refractivity (Wildman–Crippen MR) is 157 cm³/mol. The number of hydrogen-bond donors (Lipinski definition) is 4. The number of halogens is 1. The van der Waals surface area contributed by atoms with Crippen LogP contribution in [0.5, 0.6) is 0 Å². The van der Waals surface area contributed by atoms with E-state index >= 15 is 0 Å². The van der Waals surface area contributed by atoms with Crippen molar-refractivity contribution in [2.45, 2.75) is 51.9 Å². The van der Waals surface area contributed by atoms with Crippen LogP contribution in [0.15, 0.2) is 48.5 Å². The summed E-state index contributed by atoms with van der Waals surface area (Å²) in [5.41, 5.74) is 3.69. The highest BCUT2D eigenvalue weighted by Crippen LogP contribution is 2.32. The predicted octanol–water partition coefficient (Wildman–Crippen LogP) is 5.54. The zero-order valence-electron chi connectivity index (χ0n) is 22.6. The Morgan fingerprint density at radius 1 is 0.821 bits per heavy atom. The first-order valence-electron chi connectivity index (χ1n) is 13.7. The molecule has 0 aliphatic heterocycles. The molecule has 0 unspecified atom stereocenters. The van der Waals surface area contributed by atoms with Crippen LogP contribution in [0, 0.1) is 6.92 Å². The van der Waals surface area contributed by atoms with E-state index in [0.29, 0.717) is 60.1 Å². The third-order valence-electron chi connectivity index (χ3n) is 6.99. The monoisotopic (exact) mass is 548 g/mol. The highest BCUT2D eigenvalue weighted by Gasteiger charge is 2.16. The van der Waals surface area contributed by atoms with Crippen molar-refractivity contribution in [2.75, 3.05) is 36.8 Å². The van der Waals surface area contributed by atoms with Gasteiger partial charge in [0.1, 0.15) is 11.6 Å². The minimum Gasteiger partial charge on any atom is -0.368 e. The van der Waals surface area contributed by atoms with Crippen molar-refractivity contribution in [1.29, 1.82) is 0 Å². The number of hydrogen-bond acceptors (Lipinski definition) is 6. The fraction of sp³-hybridized carbons (Fsp3) is 0.400. The number of anilines is 2. The molecule has 2 amide bonds. The number of carbonyl (C=O) groups excluding carboxylic acids is 2. The van der Waals surface area contributed by atoms with Crippen LogP contribution in [0.2, 0.25) is 5.02 Å². The van der Waals surface area contributed by atoms with Crippen molar-refractivity contribution in [2.24, 2.45) is 0 Å². The van der Waals surface area contributed by atoms with Crippen molar-refractivity contribution in [3.63, 3.8) is 0 Å². The molecule has 4 rings (SSSR count). The zero-order valence-corrected chi connectivity index (χ0v) is 23.4. The highest BCUT2D eigenvalue weighted by molar-refractivity contribution is 6.30. The molecular formula is C30H37ClN6O2. The number of rotatable bonds is 11. The second-order valence-corrected chi connectivity index (χ2v) is 10.4. The molecular weight excluding hydrogens is 512 g/mol. The molecule has 3 aromatic rings. The number of nitrogens with one attached hydrogen (secondary N) is 4. The normalized spacial score (nSPS) is 13.5. The second-order valence-electron chi connectivity index (χ2n) is 9.93. The maximum absolute atomic E-state index is 12.7. The van der Waals surface area contributed by atoms with Crippen LogP contribution >= 0.6 is 11.6 Å². The molecule has 1 fully saturated rings. The van der Waals surface area contributed by atoms with E-state index in [9.17, 15) is 9.59 Å². The average Bonchev–Trinajstić information content (AvgIpc) is 2.95. The van der Waals surface area contributed by atoms with Gasteiger partial charge >= 0.3 is 0 Å².